The minimum Gasteiger partial charge on any atom is -0.497 e. The lowest BCUT2D eigenvalue weighted by molar-refractivity contribution is 0.413. The number of aryl methyl sites for hydroxylation is 1. The van der Waals surface area contributed by atoms with E-state index < -0.39 is 0 Å². The van der Waals surface area contributed by atoms with Crippen molar-refractivity contribution in [1.29, 1.82) is 0 Å². The topological polar surface area (TPSA) is 73.6 Å². The molecule has 0 amide bonds. The van der Waals surface area contributed by atoms with E-state index in [4.69, 9.17) is 16.2 Å². The summed E-state index contributed by atoms with van der Waals surface area (Å²) in [5.74, 6) is 1.53. The maximum Gasteiger partial charge on any atom is 0.185 e. The Balaban J connectivity index is 2.22. The molecule has 4 heteroatoms. The number of benzene rings is 1. The van der Waals surface area contributed by atoms with Gasteiger partial charge < -0.3 is 16.2 Å². The molecule has 0 heterocycles. The van der Waals surface area contributed by atoms with E-state index in [0.29, 0.717) is 12.5 Å². The third-order valence-electron chi connectivity index (χ3n) is 3.28. The van der Waals surface area contributed by atoms with Crippen molar-refractivity contribution in [3.05, 3.63) is 29.3 Å². The van der Waals surface area contributed by atoms with Crippen molar-refractivity contribution in [2.75, 3.05) is 13.7 Å². The first kappa shape index (κ1) is 11.8. The Labute approximate surface area is 102 Å². The van der Waals surface area contributed by atoms with Crippen molar-refractivity contribution in [1.82, 2.24) is 0 Å². The van der Waals surface area contributed by atoms with Gasteiger partial charge in [0.1, 0.15) is 5.75 Å². The summed E-state index contributed by atoms with van der Waals surface area (Å²) in [5, 5.41) is 0. The molecule has 0 radical (unpaired) electrons. The number of rotatable bonds is 3. The van der Waals surface area contributed by atoms with E-state index in [1.54, 1.807) is 7.11 Å². The second kappa shape index (κ2) is 5.08. The van der Waals surface area contributed by atoms with E-state index in [1.165, 1.54) is 17.5 Å². The lowest BCUT2D eigenvalue weighted by atomic mass is 9.83. The molecule has 0 aromatic heterocycles. The van der Waals surface area contributed by atoms with Gasteiger partial charge in [-0.15, -0.1) is 0 Å². The number of aliphatic imine (C=N–C) groups is 1. The van der Waals surface area contributed by atoms with Crippen LogP contribution in [0.15, 0.2) is 23.2 Å². The Kier molecular flexibility index (Phi) is 3.52. The smallest absolute Gasteiger partial charge is 0.185 e. The maximum atomic E-state index is 5.38. The quantitative estimate of drug-likeness (QED) is 0.612. The molecule has 0 aliphatic heterocycles. The average molecular weight is 233 g/mol. The fourth-order valence-corrected chi connectivity index (χ4v) is 2.42. The van der Waals surface area contributed by atoms with Crippen LogP contribution in [0.3, 0.4) is 0 Å². The van der Waals surface area contributed by atoms with Gasteiger partial charge in [0.05, 0.1) is 7.11 Å². The molecule has 1 aromatic rings. The molecule has 0 saturated heterocycles. The Morgan fingerprint density at radius 3 is 3.00 bits per heavy atom. The zero-order chi connectivity index (χ0) is 12.3. The van der Waals surface area contributed by atoms with E-state index in [9.17, 15) is 0 Å². The number of fused-ring (bicyclic) bond motifs is 1. The maximum absolute atomic E-state index is 5.38. The van der Waals surface area contributed by atoms with Crippen LogP contribution in [-0.2, 0) is 6.42 Å². The minimum absolute atomic E-state index is 0.172. The van der Waals surface area contributed by atoms with Crippen molar-refractivity contribution in [3.63, 3.8) is 0 Å². The zero-order valence-corrected chi connectivity index (χ0v) is 10.1. The number of nitrogens with zero attached hydrogens (tertiary/aromatic N) is 1. The minimum atomic E-state index is 0.172. The van der Waals surface area contributed by atoms with Crippen molar-refractivity contribution < 1.29 is 4.74 Å². The molecule has 1 aliphatic carbocycles. The predicted molar refractivity (Wildman–Crippen MR) is 69.3 cm³/mol. The second-order valence-electron chi connectivity index (χ2n) is 4.42. The van der Waals surface area contributed by atoms with Crippen molar-refractivity contribution in [3.8, 4) is 5.75 Å². The lowest BCUT2D eigenvalue weighted by Crippen LogP contribution is -2.24. The second-order valence-corrected chi connectivity index (χ2v) is 4.42. The van der Waals surface area contributed by atoms with Crippen molar-refractivity contribution >= 4 is 5.96 Å². The highest BCUT2D eigenvalue weighted by Gasteiger charge is 2.20. The average Bonchev–Trinajstić information content (AvgIpc) is 2.35. The number of hydrogen-bond acceptors (Lipinski definition) is 2. The summed E-state index contributed by atoms with van der Waals surface area (Å²) in [6, 6.07) is 6.27. The van der Waals surface area contributed by atoms with Crippen LogP contribution in [-0.4, -0.2) is 19.6 Å². The van der Waals surface area contributed by atoms with Crippen LogP contribution in [0.1, 0.15) is 29.9 Å². The fourth-order valence-electron chi connectivity index (χ4n) is 2.42. The van der Waals surface area contributed by atoms with Crippen LogP contribution in [0.4, 0.5) is 0 Å². The van der Waals surface area contributed by atoms with Crippen molar-refractivity contribution in [2.45, 2.75) is 25.2 Å². The van der Waals surface area contributed by atoms with Crippen LogP contribution in [0.5, 0.6) is 5.75 Å². The van der Waals surface area contributed by atoms with Crippen LogP contribution in [0.25, 0.3) is 0 Å². The predicted octanol–water partition coefficient (Wildman–Crippen LogP) is 1.39. The molecule has 4 N–H and O–H groups in total. The summed E-state index contributed by atoms with van der Waals surface area (Å²) in [4.78, 5) is 4.13. The summed E-state index contributed by atoms with van der Waals surface area (Å²) >= 11 is 0. The highest BCUT2D eigenvalue weighted by atomic mass is 16.5. The van der Waals surface area contributed by atoms with Gasteiger partial charge in [0, 0.05) is 12.5 Å². The monoisotopic (exact) mass is 233 g/mol. The summed E-state index contributed by atoms with van der Waals surface area (Å²) in [6.07, 6.45) is 3.45. The van der Waals surface area contributed by atoms with Gasteiger partial charge in [-0.3, -0.25) is 4.99 Å². The van der Waals surface area contributed by atoms with Gasteiger partial charge >= 0.3 is 0 Å². The highest BCUT2D eigenvalue weighted by Crippen LogP contribution is 2.33. The Bertz CT molecular complexity index is 425. The summed E-state index contributed by atoms with van der Waals surface area (Å²) in [5.41, 5.74) is 13.5. The number of guanidine groups is 1. The molecule has 2 rings (SSSR count). The first-order chi connectivity index (χ1) is 8.20. The van der Waals surface area contributed by atoms with E-state index in [0.717, 1.165) is 18.6 Å². The largest absolute Gasteiger partial charge is 0.497 e. The number of methoxy groups -OCH3 is 1. The molecule has 1 atom stereocenters. The number of hydrogen-bond donors (Lipinski definition) is 2. The molecule has 0 spiro atoms. The Morgan fingerprint density at radius 2 is 2.29 bits per heavy atom. The van der Waals surface area contributed by atoms with E-state index >= 15 is 0 Å². The van der Waals surface area contributed by atoms with Crippen molar-refractivity contribution in [2.24, 2.45) is 16.5 Å². The summed E-state index contributed by atoms with van der Waals surface area (Å²) in [7, 11) is 1.70. The lowest BCUT2D eigenvalue weighted by Gasteiger charge is -2.24. The molecule has 4 nitrogen and oxygen atoms in total. The van der Waals surface area contributed by atoms with Crippen LogP contribution < -0.4 is 16.2 Å². The molecule has 92 valence electrons. The molecule has 0 saturated carbocycles. The van der Waals surface area contributed by atoms with Gasteiger partial charge in [-0.1, -0.05) is 6.07 Å². The van der Waals surface area contributed by atoms with E-state index in [-0.39, 0.29) is 5.96 Å². The molecule has 17 heavy (non-hydrogen) atoms. The molecule has 0 fully saturated rings. The highest BCUT2D eigenvalue weighted by molar-refractivity contribution is 5.75. The molecule has 1 aromatic carbocycles. The van der Waals surface area contributed by atoms with Gasteiger partial charge in [-0.2, -0.15) is 0 Å². The molecule has 0 bridgehead atoms. The normalized spacial score (nSPS) is 18.3. The van der Waals surface area contributed by atoms with Crippen LogP contribution in [0.2, 0.25) is 0 Å². The first-order valence-corrected chi connectivity index (χ1v) is 5.93. The van der Waals surface area contributed by atoms with E-state index in [2.05, 4.69) is 17.1 Å². The number of ether oxygens (including phenoxy) is 1. The standard InChI is InChI=1S/C13H19N3O/c1-17-11-5-6-12-9(7-11)3-2-4-10(12)8-16-13(14)15/h5-7,10H,2-4,8H2,1H3,(H4,14,15,16). The molecular formula is C13H19N3O. The molecular weight excluding hydrogens is 214 g/mol. The fraction of sp³-hybridized carbons (Fsp3) is 0.462. The summed E-state index contributed by atoms with van der Waals surface area (Å²) < 4.78 is 5.25. The third kappa shape index (κ3) is 2.70. The van der Waals surface area contributed by atoms with Gasteiger partial charge in [0.2, 0.25) is 0 Å². The Hall–Kier alpha value is -1.71. The van der Waals surface area contributed by atoms with Gasteiger partial charge in [-0.05, 0) is 42.5 Å². The Morgan fingerprint density at radius 1 is 1.47 bits per heavy atom. The number of nitrogens with two attached hydrogens (primary N) is 2. The van der Waals surface area contributed by atoms with Crippen LogP contribution >= 0.6 is 0 Å². The van der Waals surface area contributed by atoms with Crippen LogP contribution in [0, 0.1) is 0 Å². The van der Waals surface area contributed by atoms with Gasteiger partial charge in [0.15, 0.2) is 5.96 Å². The first-order valence-electron chi connectivity index (χ1n) is 5.93. The zero-order valence-electron chi connectivity index (χ0n) is 10.1. The summed E-state index contributed by atoms with van der Waals surface area (Å²) in [6.45, 7) is 0.682. The SMILES string of the molecule is COc1ccc2c(c1)CCCC2CN=C(N)N. The van der Waals surface area contributed by atoms with E-state index in [1.807, 2.05) is 6.07 Å². The molecule has 1 unspecified atom stereocenters. The van der Waals surface area contributed by atoms with Gasteiger partial charge in [0.25, 0.3) is 0 Å². The van der Waals surface area contributed by atoms with Gasteiger partial charge in [-0.25, -0.2) is 0 Å². The molecule has 1 aliphatic rings. The third-order valence-corrected chi connectivity index (χ3v) is 3.28.